The van der Waals surface area contributed by atoms with Crippen LogP contribution in [0.5, 0.6) is 0 Å². The van der Waals surface area contributed by atoms with E-state index in [0.717, 1.165) is 18.5 Å². The molecule has 0 radical (unpaired) electrons. The highest BCUT2D eigenvalue weighted by Crippen LogP contribution is 2.20. The smallest absolute Gasteiger partial charge is 0.272 e. The number of nitrogens with zero attached hydrogens (tertiary/aromatic N) is 3. The lowest BCUT2D eigenvalue weighted by molar-refractivity contribution is -0.131. The highest BCUT2D eigenvalue weighted by Gasteiger charge is 2.27. The van der Waals surface area contributed by atoms with Crippen LogP contribution >= 0.6 is 0 Å². The predicted molar refractivity (Wildman–Crippen MR) is 96.9 cm³/mol. The Kier molecular flexibility index (Phi) is 4.62. The minimum atomic E-state index is -0.273. The van der Waals surface area contributed by atoms with E-state index in [-0.39, 0.29) is 30.3 Å². The summed E-state index contributed by atoms with van der Waals surface area (Å²) in [7, 11) is 0. The molecule has 140 valence electrons. The zero-order chi connectivity index (χ0) is 18.8. The van der Waals surface area contributed by atoms with E-state index in [1.807, 2.05) is 6.07 Å². The first-order valence-corrected chi connectivity index (χ1v) is 9.09. The molecule has 2 heterocycles. The van der Waals surface area contributed by atoms with Crippen LogP contribution in [0.2, 0.25) is 0 Å². The molecule has 0 atom stereocenters. The molecular weight excluding hydrogens is 346 g/mol. The number of nitrogens with one attached hydrogen (secondary N) is 2. The van der Waals surface area contributed by atoms with Gasteiger partial charge in [-0.05, 0) is 31.0 Å². The number of aromatic nitrogens is 2. The second-order valence-corrected chi connectivity index (χ2v) is 6.86. The Morgan fingerprint density at radius 3 is 2.59 bits per heavy atom. The van der Waals surface area contributed by atoms with Gasteiger partial charge >= 0.3 is 0 Å². The first-order valence-electron chi connectivity index (χ1n) is 9.09. The third-order valence-electron chi connectivity index (χ3n) is 4.73. The van der Waals surface area contributed by atoms with Crippen molar-refractivity contribution in [3.05, 3.63) is 53.3 Å². The molecule has 3 amide bonds. The average Bonchev–Trinajstić information content (AvgIpc) is 3.40. The maximum absolute atomic E-state index is 12.4. The Labute approximate surface area is 156 Å². The van der Waals surface area contributed by atoms with Crippen LogP contribution in [-0.4, -0.2) is 51.5 Å². The van der Waals surface area contributed by atoms with Gasteiger partial charge in [-0.1, -0.05) is 18.2 Å². The SMILES string of the molecule is O=C(NCC(=O)N1CCn2nc(C(=O)NC3CC3)cc2C1)c1ccccc1. The first kappa shape index (κ1) is 17.3. The van der Waals surface area contributed by atoms with Crippen LogP contribution in [0.4, 0.5) is 0 Å². The van der Waals surface area contributed by atoms with E-state index in [0.29, 0.717) is 30.9 Å². The van der Waals surface area contributed by atoms with Gasteiger partial charge < -0.3 is 15.5 Å². The van der Waals surface area contributed by atoms with E-state index in [1.54, 1.807) is 39.9 Å². The summed E-state index contributed by atoms with van der Waals surface area (Å²) in [5.74, 6) is -0.590. The summed E-state index contributed by atoms with van der Waals surface area (Å²) >= 11 is 0. The topological polar surface area (TPSA) is 96.3 Å². The van der Waals surface area contributed by atoms with Crippen LogP contribution in [0, 0.1) is 0 Å². The molecule has 2 aromatic rings. The Morgan fingerprint density at radius 2 is 1.85 bits per heavy atom. The van der Waals surface area contributed by atoms with Gasteiger partial charge in [0.2, 0.25) is 5.91 Å². The van der Waals surface area contributed by atoms with Gasteiger partial charge in [0.25, 0.3) is 11.8 Å². The summed E-state index contributed by atoms with van der Waals surface area (Å²) < 4.78 is 1.77. The van der Waals surface area contributed by atoms with Crippen molar-refractivity contribution in [2.24, 2.45) is 0 Å². The summed E-state index contributed by atoms with van der Waals surface area (Å²) in [6, 6.07) is 10.8. The fourth-order valence-electron chi connectivity index (χ4n) is 3.04. The van der Waals surface area contributed by atoms with Gasteiger partial charge in [0.15, 0.2) is 5.69 Å². The van der Waals surface area contributed by atoms with E-state index >= 15 is 0 Å². The van der Waals surface area contributed by atoms with E-state index < -0.39 is 0 Å². The zero-order valence-corrected chi connectivity index (χ0v) is 14.9. The van der Waals surface area contributed by atoms with Crippen LogP contribution < -0.4 is 10.6 Å². The summed E-state index contributed by atoms with van der Waals surface area (Å²) in [6.45, 7) is 1.35. The van der Waals surface area contributed by atoms with Crippen LogP contribution in [-0.2, 0) is 17.9 Å². The molecule has 8 heteroatoms. The van der Waals surface area contributed by atoms with Crippen molar-refractivity contribution in [3.63, 3.8) is 0 Å². The summed E-state index contributed by atoms with van der Waals surface area (Å²) in [5.41, 5.74) is 1.74. The van der Waals surface area contributed by atoms with Gasteiger partial charge in [-0.15, -0.1) is 0 Å². The van der Waals surface area contributed by atoms with Crippen molar-refractivity contribution in [2.75, 3.05) is 13.1 Å². The van der Waals surface area contributed by atoms with Crippen molar-refractivity contribution in [3.8, 4) is 0 Å². The molecule has 1 aliphatic carbocycles. The molecule has 0 unspecified atom stereocenters. The lowest BCUT2D eigenvalue weighted by Crippen LogP contribution is -2.43. The molecule has 8 nitrogen and oxygen atoms in total. The quantitative estimate of drug-likeness (QED) is 0.807. The second-order valence-electron chi connectivity index (χ2n) is 6.86. The summed E-state index contributed by atoms with van der Waals surface area (Å²) in [6.07, 6.45) is 2.05. The van der Waals surface area contributed by atoms with E-state index in [9.17, 15) is 14.4 Å². The van der Waals surface area contributed by atoms with E-state index in [2.05, 4.69) is 15.7 Å². The molecule has 0 spiro atoms. The van der Waals surface area contributed by atoms with Gasteiger partial charge in [-0.25, -0.2) is 0 Å². The van der Waals surface area contributed by atoms with E-state index in [1.165, 1.54) is 0 Å². The number of carbonyl (C=O) groups is 3. The monoisotopic (exact) mass is 367 g/mol. The molecule has 1 saturated carbocycles. The largest absolute Gasteiger partial charge is 0.348 e. The number of amides is 3. The summed E-state index contributed by atoms with van der Waals surface area (Å²) in [4.78, 5) is 38.3. The first-order chi connectivity index (χ1) is 13.1. The number of benzene rings is 1. The molecule has 2 aliphatic rings. The van der Waals surface area contributed by atoms with E-state index in [4.69, 9.17) is 0 Å². The Morgan fingerprint density at radius 1 is 1.07 bits per heavy atom. The van der Waals surface area contributed by atoms with Gasteiger partial charge in [0.05, 0.1) is 25.3 Å². The van der Waals surface area contributed by atoms with Crippen LogP contribution in [0.3, 0.4) is 0 Å². The molecule has 0 bridgehead atoms. The van der Waals surface area contributed by atoms with Gasteiger partial charge in [-0.2, -0.15) is 5.10 Å². The Hall–Kier alpha value is -3.16. The normalized spacial score (nSPS) is 15.8. The Bertz CT molecular complexity index is 873. The molecule has 1 aromatic heterocycles. The van der Waals surface area contributed by atoms with Gasteiger partial charge in [0.1, 0.15) is 0 Å². The standard InChI is InChI=1S/C19H21N5O3/c25-17(11-20-18(26)13-4-2-1-3-5-13)23-8-9-24-15(12-23)10-16(22-24)19(27)21-14-6-7-14/h1-5,10,14H,6-9,11-12H2,(H,20,26)(H,21,27). The van der Waals surface area contributed by atoms with Crippen molar-refractivity contribution in [2.45, 2.75) is 32.0 Å². The molecule has 1 aliphatic heterocycles. The third kappa shape index (κ3) is 3.99. The second kappa shape index (κ2) is 7.22. The average molecular weight is 367 g/mol. The molecule has 2 N–H and O–H groups in total. The third-order valence-corrected chi connectivity index (χ3v) is 4.73. The molecular formula is C19H21N5O3. The molecule has 0 saturated heterocycles. The highest BCUT2D eigenvalue weighted by molar-refractivity contribution is 5.96. The lowest BCUT2D eigenvalue weighted by atomic mass is 10.2. The van der Waals surface area contributed by atoms with Crippen LogP contribution in [0.1, 0.15) is 39.4 Å². The maximum Gasteiger partial charge on any atom is 0.272 e. The number of hydrogen-bond acceptors (Lipinski definition) is 4. The fourth-order valence-corrected chi connectivity index (χ4v) is 3.04. The summed E-state index contributed by atoms with van der Waals surface area (Å²) in [5, 5.41) is 9.91. The van der Waals surface area contributed by atoms with Crippen molar-refractivity contribution < 1.29 is 14.4 Å². The molecule has 1 aromatic carbocycles. The van der Waals surface area contributed by atoms with Gasteiger partial charge in [-0.3, -0.25) is 19.1 Å². The minimum Gasteiger partial charge on any atom is -0.348 e. The highest BCUT2D eigenvalue weighted by atomic mass is 16.2. The molecule has 4 rings (SSSR count). The maximum atomic E-state index is 12.4. The Balaban J connectivity index is 1.33. The minimum absolute atomic E-state index is 0.0586. The van der Waals surface area contributed by atoms with Crippen molar-refractivity contribution in [1.82, 2.24) is 25.3 Å². The predicted octanol–water partition coefficient (Wildman–Crippen LogP) is 0.548. The van der Waals surface area contributed by atoms with Gasteiger partial charge in [0, 0.05) is 18.2 Å². The van der Waals surface area contributed by atoms with Crippen molar-refractivity contribution in [1.29, 1.82) is 0 Å². The molecule has 1 fully saturated rings. The number of fused-ring (bicyclic) bond motifs is 1. The van der Waals surface area contributed by atoms with Crippen molar-refractivity contribution >= 4 is 17.7 Å². The van der Waals surface area contributed by atoms with Crippen LogP contribution in [0.15, 0.2) is 36.4 Å². The number of rotatable bonds is 5. The van der Waals surface area contributed by atoms with Crippen LogP contribution in [0.25, 0.3) is 0 Å². The lowest BCUT2D eigenvalue weighted by Gasteiger charge is -2.27. The fraction of sp³-hybridized carbons (Fsp3) is 0.368. The molecule has 27 heavy (non-hydrogen) atoms. The number of hydrogen-bond donors (Lipinski definition) is 2. The number of carbonyl (C=O) groups excluding carboxylic acids is 3. The zero-order valence-electron chi connectivity index (χ0n) is 14.9.